The van der Waals surface area contributed by atoms with Crippen molar-refractivity contribution in [2.24, 2.45) is 5.92 Å². The summed E-state index contributed by atoms with van der Waals surface area (Å²) in [6, 6.07) is 8.77. The minimum atomic E-state index is 0.400. The lowest BCUT2D eigenvalue weighted by Gasteiger charge is -2.17. The second kappa shape index (κ2) is 5.61. The van der Waals surface area contributed by atoms with Gasteiger partial charge >= 0.3 is 0 Å². The van der Waals surface area contributed by atoms with Crippen molar-refractivity contribution >= 4 is 21.6 Å². The molecule has 2 aromatic rings. The highest BCUT2D eigenvalue weighted by Gasteiger charge is 2.16. The first-order chi connectivity index (χ1) is 8.20. The Morgan fingerprint density at radius 2 is 2.06 bits per heavy atom. The van der Waals surface area contributed by atoms with Gasteiger partial charge in [0.05, 0.1) is 16.3 Å². The van der Waals surface area contributed by atoms with Crippen LogP contribution in [0.1, 0.15) is 38.2 Å². The number of rotatable bonds is 5. The maximum atomic E-state index is 4.74. The van der Waals surface area contributed by atoms with Gasteiger partial charge in [0, 0.05) is 0 Å². The number of nitrogens with zero attached hydrogens (tertiary/aromatic N) is 1. The Kier molecular flexibility index (Phi) is 4.13. The molecule has 0 saturated carbocycles. The van der Waals surface area contributed by atoms with E-state index in [1.165, 1.54) is 9.71 Å². The molecule has 1 aromatic heterocycles. The molecule has 17 heavy (non-hydrogen) atoms. The monoisotopic (exact) mass is 248 g/mol. The summed E-state index contributed by atoms with van der Waals surface area (Å²) in [6.45, 7) is 7.67. The second-order valence-electron chi connectivity index (χ2n) is 4.76. The van der Waals surface area contributed by atoms with Crippen LogP contribution in [0, 0.1) is 5.92 Å². The van der Waals surface area contributed by atoms with Crippen LogP contribution in [0.2, 0.25) is 0 Å². The SMILES string of the molecule is CCNC(CC(C)C)c1nc2ccccc2s1. The Morgan fingerprint density at radius 3 is 2.71 bits per heavy atom. The molecule has 1 unspecified atom stereocenters. The fourth-order valence-corrected chi connectivity index (χ4v) is 3.08. The predicted octanol–water partition coefficient (Wildman–Crippen LogP) is 3.99. The zero-order valence-electron chi connectivity index (χ0n) is 10.7. The maximum absolute atomic E-state index is 4.74. The molecular formula is C14H20N2S. The number of hydrogen-bond donors (Lipinski definition) is 1. The number of para-hydroxylation sites is 1. The molecule has 1 N–H and O–H groups in total. The van der Waals surface area contributed by atoms with Crippen LogP contribution < -0.4 is 5.32 Å². The minimum Gasteiger partial charge on any atom is -0.308 e. The Hall–Kier alpha value is -0.930. The third-order valence-electron chi connectivity index (χ3n) is 2.77. The molecule has 1 aromatic carbocycles. The van der Waals surface area contributed by atoms with Crippen LogP contribution in [0.15, 0.2) is 24.3 Å². The minimum absolute atomic E-state index is 0.400. The van der Waals surface area contributed by atoms with Gasteiger partial charge in [-0.2, -0.15) is 0 Å². The number of nitrogens with one attached hydrogen (secondary N) is 1. The molecule has 0 spiro atoms. The molecule has 0 radical (unpaired) electrons. The second-order valence-corrected chi connectivity index (χ2v) is 5.82. The summed E-state index contributed by atoms with van der Waals surface area (Å²) in [5.74, 6) is 0.686. The van der Waals surface area contributed by atoms with Crippen molar-refractivity contribution in [1.29, 1.82) is 0 Å². The lowest BCUT2D eigenvalue weighted by Crippen LogP contribution is -2.22. The number of hydrogen-bond acceptors (Lipinski definition) is 3. The Morgan fingerprint density at radius 1 is 1.29 bits per heavy atom. The molecule has 92 valence electrons. The Balaban J connectivity index is 2.27. The van der Waals surface area contributed by atoms with E-state index in [1.54, 1.807) is 0 Å². The summed E-state index contributed by atoms with van der Waals surface area (Å²) >= 11 is 1.81. The van der Waals surface area contributed by atoms with E-state index < -0.39 is 0 Å². The molecule has 2 nitrogen and oxygen atoms in total. The van der Waals surface area contributed by atoms with E-state index in [0.717, 1.165) is 18.5 Å². The first-order valence-corrected chi connectivity index (χ1v) is 7.11. The van der Waals surface area contributed by atoms with Gasteiger partial charge in [0.1, 0.15) is 5.01 Å². The predicted molar refractivity (Wildman–Crippen MR) is 75.5 cm³/mol. The first kappa shape index (κ1) is 12.5. The zero-order valence-corrected chi connectivity index (χ0v) is 11.6. The lowest BCUT2D eigenvalue weighted by atomic mass is 10.0. The largest absolute Gasteiger partial charge is 0.308 e. The van der Waals surface area contributed by atoms with E-state index in [1.807, 2.05) is 11.3 Å². The molecule has 0 aliphatic carbocycles. The van der Waals surface area contributed by atoms with E-state index >= 15 is 0 Å². The molecule has 0 bridgehead atoms. The Labute approximate surface area is 107 Å². The van der Waals surface area contributed by atoms with Gasteiger partial charge in [-0.3, -0.25) is 0 Å². The number of aromatic nitrogens is 1. The van der Waals surface area contributed by atoms with E-state index in [-0.39, 0.29) is 0 Å². The van der Waals surface area contributed by atoms with E-state index in [2.05, 4.69) is 50.4 Å². The number of thiazole rings is 1. The van der Waals surface area contributed by atoms with Gasteiger partial charge in [0.25, 0.3) is 0 Å². The van der Waals surface area contributed by atoms with Gasteiger partial charge in [-0.15, -0.1) is 11.3 Å². The summed E-state index contributed by atoms with van der Waals surface area (Å²) in [6.07, 6.45) is 1.15. The van der Waals surface area contributed by atoms with Crippen molar-refractivity contribution in [3.8, 4) is 0 Å². The highest BCUT2D eigenvalue weighted by molar-refractivity contribution is 7.18. The number of fused-ring (bicyclic) bond motifs is 1. The molecule has 1 atom stereocenters. The third-order valence-corrected chi connectivity index (χ3v) is 3.92. The highest BCUT2D eigenvalue weighted by Crippen LogP contribution is 2.29. The third kappa shape index (κ3) is 3.05. The standard InChI is InChI=1S/C14H20N2S/c1-4-15-12(9-10(2)3)14-16-11-7-5-6-8-13(11)17-14/h5-8,10,12,15H,4,9H2,1-3H3. The normalized spacial score (nSPS) is 13.4. The molecule has 0 aliphatic rings. The van der Waals surface area contributed by atoms with Crippen LogP contribution in [-0.4, -0.2) is 11.5 Å². The van der Waals surface area contributed by atoms with Gasteiger partial charge in [0.2, 0.25) is 0 Å². The zero-order chi connectivity index (χ0) is 12.3. The van der Waals surface area contributed by atoms with Crippen molar-refractivity contribution in [1.82, 2.24) is 10.3 Å². The number of benzene rings is 1. The van der Waals surface area contributed by atoms with E-state index in [9.17, 15) is 0 Å². The van der Waals surface area contributed by atoms with Gasteiger partial charge in [-0.05, 0) is 31.0 Å². The topological polar surface area (TPSA) is 24.9 Å². The summed E-state index contributed by atoms with van der Waals surface area (Å²) in [5, 5.41) is 4.76. The average Bonchev–Trinajstić information content (AvgIpc) is 2.71. The van der Waals surface area contributed by atoms with E-state index in [0.29, 0.717) is 12.0 Å². The van der Waals surface area contributed by atoms with Crippen LogP contribution >= 0.6 is 11.3 Å². The van der Waals surface area contributed by atoms with Crippen LogP contribution in [0.4, 0.5) is 0 Å². The summed E-state index contributed by atoms with van der Waals surface area (Å²) in [4.78, 5) is 4.74. The van der Waals surface area contributed by atoms with Crippen molar-refractivity contribution in [2.45, 2.75) is 33.2 Å². The highest BCUT2D eigenvalue weighted by atomic mass is 32.1. The van der Waals surface area contributed by atoms with Gasteiger partial charge in [-0.1, -0.05) is 32.9 Å². The fraction of sp³-hybridized carbons (Fsp3) is 0.500. The summed E-state index contributed by atoms with van der Waals surface area (Å²) < 4.78 is 1.29. The molecule has 0 amide bonds. The first-order valence-electron chi connectivity index (χ1n) is 6.29. The molecular weight excluding hydrogens is 228 g/mol. The quantitative estimate of drug-likeness (QED) is 0.865. The van der Waals surface area contributed by atoms with Crippen LogP contribution in [0.25, 0.3) is 10.2 Å². The van der Waals surface area contributed by atoms with Gasteiger partial charge in [0.15, 0.2) is 0 Å². The van der Waals surface area contributed by atoms with Gasteiger partial charge < -0.3 is 5.32 Å². The molecule has 0 aliphatic heterocycles. The van der Waals surface area contributed by atoms with Crippen molar-refractivity contribution in [2.75, 3.05) is 6.54 Å². The van der Waals surface area contributed by atoms with Crippen LogP contribution in [0.3, 0.4) is 0 Å². The summed E-state index contributed by atoms with van der Waals surface area (Å²) in [5.41, 5.74) is 1.12. The fourth-order valence-electron chi connectivity index (χ4n) is 2.03. The Bertz CT molecular complexity index is 443. The van der Waals surface area contributed by atoms with Gasteiger partial charge in [-0.25, -0.2) is 4.98 Å². The molecule has 3 heteroatoms. The maximum Gasteiger partial charge on any atom is 0.111 e. The molecule has 2 rings (SSSR count). The van der Waals surface area contributed by atoms with Crippen LogP contribution in [-0.2, 0) is 0 Å². The molecule has 1 heterocycles. The smallest absolute Gasteiger partial charge is 0.111 e. The van der Waals surface area contributed by atoms with Crippen molar-refractivity contribution in [3.05, 3.63) is 29.3 Å². The lowest BCUT2D eigenvalue weighted by molar-refractivity contribution is 0.437. The van der Waals surface area contributed by atoms with Crippen molar-refractivity contribution < 1.29 is 0 Å². The summed E-state index contributed by atoms with van der Waals surface area (Å²) in [7, 11) is 0. The molecule has 0 saturated heterocycles. The van der Waals surface area contributed by atoms with E-state index in [4.69, 9.17) is 4.98 Å². The average molecular weight is 248 g/mol. The van der Waals surface area contributed by atoms with Crippen LogP contribution in [0.5, 0.6) is 0 Å². The van der Waals surface area contributed by atoms with Crippen molar-refractivity contribution in [3.63, 3.8) is 0 Å². The molecule has 0 fully saturated rings.